The van der Waals surface area contributed by atoms with Gasteiger partial charge in [0.15, 0.2) is 5.65 Å². The Morgan fingerprint density at radius 2 is 1.91 bits per heavy atom. The molecule has 22 heavy (non-hydrogen) atoms. The first-order valence-corrected chi connectivity index (χ1v) is 7.54. The predicted molar refractivity (Wildman–Crippen MR) is 88.5 cm³/mol. The molecule has 0 saturated heterocycles. The molecule has 0 saturated carbocycles. The minimum absolute atomic E-state index is 0.102. The van der Waals surface area contributed by atoms with Gasteiger partial charge in [-0.05, 0) is 29.7 Å². The molecule has 0 amide bonds. The molecule has 5 nitrogen and oxygen atoms in total. The van der Waals surface area contributed by atoms with E-state index in [1.165, 1.54) is 10.2 Å². The average Bonchev–Trinajstić information content (AvgIpc) is 2.85. The molecule has 1 aromatic carbocycles. The topological polar surface area (TPSA) is 51.3 Å². The summed E-state index contributed by atoms with van der Waals surface area (Å²) in [5.41, 5.74) is 2.98. The van der Waals surface area contributed by atoms with Gasteiger partial charge in [-0.1, -0.05) is 38.1 Å². The summed E-state index contributed by atoms with van der Waals surface area (Å²) in [5.74, 6) is 0.460. The first kappa shape index (κ1) is 14.4. The second kappa shape index (κ2) is 6.05. The molecule has 2 aromatic heterocycles. The fourth-order valence-corrected chi connectivity index (χ4v) is 2.57. The molecular weight excluding hydrogens is 276 g/mol. The number of pyridine rings is 1. The third kappa shape index (κ3) is 2.74. The van der Waals surface area contributed by atoms with Gasteiger partial charge < -0.3 is 5.32 Å². The number of fused-ring (bicyclic) bond motifs is 1. The zero-order valence-corrected chi connectivity index (χ0v) is 12.9. The number of hydrogen-bond acceptors (Lipinski definition) is 3. The summed E-state index contributed by atoms with van der Waals surface area (Å²) in [7, 11) is 0. The van der Waals surface area contributed by atoms with Crippen molar-refractivity contribution in [1.82, 2.24) is 14.2 Å². The van der Waals surface area contributed by atoms with Crippen molar-refractivity contribution < 1.29 is 0 Å². The van der Waals surface area contributed by atoms with Crippen LogP contribution >= 0.6 is 0 Å². The molecule has 3 rings (SSSR count). The van der Waals surface area contributed by atoms with Crippen LogP contribution in [-0.4, -0.2) is 20.7 Å². The van der Waals surface area contributed by atoms with Crippen molar-refractivity contribution in [2.24, 2.45) is 0 Å². The summed E-state index contributed by atoms with van der Waals surface area (Å²) in [6.07, 6.45) is 1.74. The van der Waals surface area contributed by atoms with Crippen molar-refractivity contribution in [3.8, 4) is 0 Å². The highest BCUT2D eigenvalue weighted by molar-refractivity contribution is 5.52. The lowest BCUT2D eigenvalue weighted by Gasteiger charge is -2.14. The van der Waals surface area contributed by atoms with Gasteiger partial charge in [0.1, 0.15) is 0 Å². The van der Waals surface area contributed by atoms with Gasteiger partial charge in [-0.3, -0.25) is 4.40 Å². The highest BCUT2D eigenvalue weighted by Gasteiger charge is 2.07. The van der Waals surface area contributed by atoms with E-state index < -0.39 is 0 Å². The Morgan fingerprint density at radius 1 is 1.14 bits per heavy atom. The summed E-state index contributed by atoms with van der Waals surface area (Å²) in [6.45, 7) is 5.54. The maximum Gasteiger partial charge on any atom is 0.350 e. The Morgan fingerprint density at radius 3 is 2.68 bits per heavy atom. The number of rotatable bonds is 5. The van der Waals surface area contributed by atoms with Gasteiger partial charge in [-0.2, -0.15) is 0 Å². The van der Waals surface area contributed by atoms with Gasteiger partial charge in [-0.25, -0.2) is 9.48 Å². The maximum absolute atomic E-state index is 12.2. The molecule has 114 valence electrons. The molecule has 0 aliphatic rings. The van der Waals surface area contributed by atoms with E-state index in [2.05, 4.69) is 36.4 Å². The van der Waals surface area contributed by atoms with Gasteiger partial charge >= 0.3 is 5.69 Å². The number of aromatic nitrogens is 3. The first-order valence-electron chi connectivity index (χ1n) is 7.54. The van der Waals surface area contributed by atoms with Crippen LogP contribution in [0.4, 0.5) is 5.69 Å². The highest BCUT2D eigenvalue weighted by atomic mass is 16.2. The van der Waals surface area contributed by atoms with Crippen molar-refractivity contribution in [2.75, 3.05) is 11.9 Å². The van der Waals surface area contributed by atoms with Crippen molar-refractivity contribution in [3.63, 3.8) is 0 Å². The van der Waals surface area contributed by atoms with Gasteiger partial charge in [0.05, 0.1) is 6.54 Å². The van der Waals surface area contributed by atoms with Crippen LogP contribution in [0, 0.1) is 0 Å². The SMILES string of the molecule is CC(C)c1ccccc1NCCn1nc2ccccn2c1=O. The molecule has 5 heteroatoms. The van der Waals surface area contributed by atoms with Crippen LogP contribution in [0.5, 0.6) is 0 Å². The zero-order valence-electron chi connectivity index (χ0n) is 12.9. The van der Waals surface area contributed by atoms with E-state index in [4.69, 9.17) is 0 Å². The van der Waals surface area contributed by atoms with E-state index in [-0.39, 0.29) is 5.69 Å². The summed E-state index contributed by atoms with van der Waals surface area (Å²) in [5, 5.41) is 7.73. The summed E-state index contributed by atoms with van der Waals surface area (Å²) in [6, 6.07) is 13.8. The predicted octanol–water partition coefficient (Wildman–Crippen LogP) is 2.73. The fraction of sp³-hybridized carbons (Fsp3) is 0.294. The lowest BCUT2D eigenvalue weighted by atomic mass is 10.0. The smallest absolute Gasteiger partial charge is 0.350 e. The Balaban J connectivity index is 1.73. The molecule has 0 fully saturated rings. The molecule has 2 heterocycles. The van der Waals surface area contributed by atoms with E-state index in [9.17, 15) is 4.79 Å². The Bertz CT molecular complexity index is 832. The lowest BCUT2D eigenvalue weighted by molar-refractivity contribution is 0.613. The second-order valence-electron chi connectivity index (χ2n) is 5.60. The molecule has 0 unspecified atom stereocenters. The van der Waals surface area contributed by atoms with Crippen LogP contribution in [-0.2, 0) is 6.54 Å². The molecule has 0 aliphatic carbocycles. The molecule has 0 aliphatic heterocycles. The number of nitrogens with one attached hydrogen (secondary N) is 1. The third-order valence-electron chi connectivity index (χ3n) is 3.71. The Labute approximate surface area is 129 Å². The van der Waals surface area contributed by atoms with E-state index in [0.717, 1.165) is 5.69 Å². The molecule has 0 atom stereocenters. The van der Waals surface area contributed by atoms with Gasteiger partial charge in [-0.15, -0.1) is 5.10 Å². The molecule has 3 aromatic rings. The largest absolute Gasteiger partial charge is 0.383 e. The van der Waals surface area contributed by atoms with Crippen LogP contribution in [0.15, 0.2) is 53.5 Å². The summed E-state index contributed by atoms with van der Waals surface area (Å²) < 4.78 is 3.06. The quantitative estimate of drug-likeness (QED) is 0.787. The monoisotopic (exact) mass is 296 g/mol. The van der Waals surface area contributed by atoms with Gasteiger partial charge in [0, 0.05) is 18.4 Å². The fourth-order valence-electron chi connectivity index (χ4n) is 2.57. The Kier molecular flexibility index (Phi) is 3.96. The number of benzene rings is 1. The van der Waals surface area contributed by atoms with Gasteiger partial charge in [0.2, 0.25) is 0 Å². The minimum atomic E-state index is -0.102. The number of anilines is 1. The van der Waals surface area contributed by atoms with Crippen LogP contribution in [0.3, 0.4) is 0 Å². The van der Waals surface area contributed by atoms with E-state index in [0.29, 0.717) is 24.7 Å². The van der Waals surface area contributed by atoms with Crippen molar-refractivity contribution in [1.29, 1.82) is 0 Å². The zero-order chi connectivity index (χ0) is 15.5. The summed E-state index contributed by atoms with van der Waals surface area (Å²) in [4.78, 5) is 12.2. The first-order chi connectivity index (χ1) is 10.7. The van der Waals surface area contributed by atoms with Crippen molar-refractivity contribution in [3.05, 3.63) is 64.7 Å². The lowest BCUT2D eigenvalue weighted by Crippen LogP contribution is -2.24. The highest BCUT2D eigenvalue weighted by Crippen LogP contribution is 2.23. The third-order valence-corrected chi connectivity index (χ3v) is 3.71. The number of para-hydroxylation sites is 1. The normalized spacial score (nSPS) is 11.2. The van der Waals surface area contributed by atoms with Crippen LogP contribution < -0.4 is 11.0 Å². The van der Waals surface area contributed by atoms with Crippen LogP contribution in [0.25, 0.3) is 5.65 Å². The summed E-state index contributed by atoms with van der Waals surface area (Å²) >= 11 is 0. The average molecular weight is 296 g/mol. The van der Waals surface area contributed by atoms with Crippen molar-refractivity contribution in [2.45, 2.75) is 26.3 Å². The maximum atomic E-state index is 12.2. The number of hydrogen-bond donors (Lipinski definition) is 1. The minimum Gasteiger partial charge on any atom is -0.383 e. The standard InChI is InChI=1S/C17H20N4O/c1-13(2)14-7-3-4-8-15(14)18-10-12-21-17(22)20-11-6-5-9-16(20)19-21/h3-9,11,13,18H,10,12H2,1-2H3. The van der Waals surface area contributed by atoms with E-state index >= 15 is 0 Å². The van der Waals surface area contributed by atoms with E-state index in [1.54, 1.807) is 10.6 Å². The molecule has 1 N–H and O–H groups in total. The van der Waals surface area contributed by atoms with Crippen LogP contribution in [0.1, 0.15) is 25.3 Å². The molecular formula is C17H20N4O. The van der Waals surface area contributed by atoms with E-state index in [1.807, 2.05) is 30.3 Å². The molecule has 0 bridgehead atoms. The van der Waals surface area contributed by atoms with Crippen molar-refractivity contribution >= 4 is 11.3 Å². The Hall–Kier alpha value is -2.56. The van der Waals surface area contributed by atoms with Gasteiger partial charge in [0.25, 0.3) is 0 Å². The molecule has 0 radical (unpaired) electrons. The van der Waals surface area contributed by atoms with Crippen LogP contribution in [0.2, 0.25) is 0 Å². The molecule has 0 spiro atoms. The second-order valence-corrected chi connectivity index (χ2v) is 5.60. The number of nitrogens with zero attached hydrogens (tertiary/aromatic N) is 3.